The second-order valence-corrected chi connectivity index (χ2v) is 5.50. The molecule has 5 heteroatoms. The van der Waals surface area contributed by atoms with Gasteiger partial charge in [-0.1, -0.05) is 17.3 Å². The third-order valence-corrected chi connectivity index (χ3v) is 3.74. The molecule has 112 valence electrons. The zero-order valence-corrected chi connectivity index (χ0v) is 12.3. The highest BCUT2D eigenvalue weighted by atomic mass is 16.5. The van der Waals surface area contributed by atoms with Crippen molar-refractivity contribution in [2.45, 2.75) is 38.7 Å². The third kappa shape index (κ3) is 3.61. The fourth-order valence-corrected chi connectivity index (χ4v) is 2.42. The molecule has 1 fully saturated rings. The molecule has 1 aromatic carbocycles. The highest BCUT2D eigenvalue weighted by Crippen LogP contribution is 2.42. The summed E-state index contributed by atoms with van der Waals surface area (Å²) in [5.41, 5.74) is 7.67. The van der Waals surface area contributed by atoms with E-state index in [9.17, 15) is 0 Å². The highest BCUT2D eigenvalue weighted by Gasteiger charge is 2.36. The number of aromatic nitrogens is 2. The van der Waals surface area contributed by atoms with Gasteiger partial charge in [0.1, 0.15) is 6.10 Å². The monoisotopic (exact) mass is 287 g/mol. The SMILES string of the molecule is CCOC(c1noc(CCc2ccc(N)cc2)n1)C1CC1. The number of anilines is 1. The van der Waals surface area contributed by atoms with Gasteiger partial charge < -0.3 is 15.0 Å². The van der Waals surface area contributed by atoms with Crippen LogP contribution in [0.1, 0.15) is 43.1 Å². The normalized spacial score (nSPS) is 16.0. The van der Waals surface area contributed by atoms with E-state index in [2.05, 4.69) is 10.1 Å². The van der Waals surface area contributed by atoms with Crippen molar-refractivity contribution in [3.05, 3.63) is 41.5 Å². The highest BCUT2D eigenvalue weighted by molar-refractivity contribution is 5.39. The number of rotatable bonds is 7. The van der Waals surface area contributed by atoms with Crippen LogP contribution in [0.3, 0.4) is 0 Å². The van der Waals surface area contributed by atoms with Gasteiger partial charge in [0.2, 0.25) is 11.7 Å². The van der Waals surface area contributed by atoms with Gasteiger partial charge in [0.25, 0.3) is 0 Å². The first-order chi connectivity index (χ1) is 10.3. The average molecular weight is 287 g/mol. The van der Waals surface area contributed by atoms with Crippen LogP contribution in [0, 0.1) is 5.92 Å². The van der Waals surface area contributed by atoms with Crippen LogP contribution in [0.15, 0.2) is 28.8 Å². The Labute approximate surface area is 124 Å². The minimum Gasteiger partial charge on any atom is -0.399 e. The maximum absolute atomic E-state index is 5.74. The van der Waals surface area contributed by atoms with Crippen molar-refractivity contribution < 1.29 is 9.26 Å². The Kier molecular flexibility index (Phi) is 4.20. The van der Waals surface area contributed by atoms with Gasteiger partial charge in [0, 0.05) is 18.7 Å². The summed E-state index contributed by atoms with van der Waals surface area (Å²) in [7, 11) is 0. The maximum atomic E-state index is 5.74. The molecule has 3 rings (SSSR count). The van der Waals surface area contributed by atoms with Gasteiger partial charge >= 0.3 is 0 Å². The summed E-state index contributed by atoms with van der Waals surface area (Å²) in [4.78, 5) is 4.50. The molecular formula is C16H21N3O2. The smallest absolute Gasteiger partial charge is 0.227 e. The molecule has 1 aromatic heterocycles. The van der Waals surface area contributed by atoms with Crippen LogP contribution in [0.25, 0.3) is 0 Å². The van der Waals surface area contributed by atoms with Gasteiger partial charge in [-0.15, -0.1) is 0 Å². The first-order valence-corrected chi connectivity index (χ1v) is 7.54. The molecule has 1 aliphatic rings. The summed E-state index contributed by atoms with van der Waals surface area (Å²) in [6, 6.07) is 7.87. The van der Waals surface area contributed by atoms with Gasteiger partial charge in [-0.2, -0.15) is 4.98 Å². The van der Waals surface area contributed by atoms with Gasteiger partial charge in [-0.05, 0) is 49.8 Å². The van der Waals surface area contributed by atoms with Crippen LogP contribution in [-0.2, 0) is 17.6 Å². The zero-order chi connectivity index (χ0) is 14.7. The quantitative estimate of drug-likeness (QED) is 0.792. The third-order valence-electron chi connectivity index (χ3n) is 3.74. The van der Waals surface area contributed by atoms with E-state index in [1.807, 2.05) is 31.2 Å². The van der Waals surface area contributed by atoms with E-state index in [0.717, 1.165) is 18.5 Å². The fourth-order valence-electron chi connectivity index (χ4n) is 2.42. The Hall–Kier alpha value is -1.88. The van der Waals surface area contributed by atoms with Crippen molar-refractivity contribution in [2.75, 3.05) is 12.3 Å². The molecule has 1 saturated carbocycles. The number of ether oxygens (including phenoxy) is 1. The summed E-state index contributed by atoms with van der Waals surface area (Å²) in [6.07, 6.45) is 3.99. The average Bonchev–Trinajstić information content (AvgIpc) is 3.22. The lowest BCUT2D eigenvalue weighted by Gasteiger charge is -2.10. The van der Waals surface area contributed by atoms with E-state index < -0.39 is 0 Å². The fraction of sp³-hybridized carbons (Fsp3) is 0.500. The number of nitrogen functional groups attached to an aromatic ring is 1. The van der Waals surface area contributed by atoms with Crippen LogP contribution < -0.4 is 5.73 Å². The molecule has 1 heterocycles. The molecule has 1 aliphatic carbocycles. The van der Waals surface area contributed by atoms with Gasteiger partial charge in [-0.3, -0.25) is 0 Å². The summed E-state index contributed by atoms with van der Waals surface area (Å²) < 4.78 is 11.1. The lowest BCUT2D eigenvalue weighted by Crippen LogP contribution is -2.08. The van der Waals surface area contributed by atoms with Crippen molar-refractivity contribution in [1.29, 1.82) is 0 Å². The standard InChI is InChI=1S/C16H21N3O2/c1-2-20-15(12-6-7-12)16-18-14(21-19-16)10-5-11-3-8-13(17)9-4-11/h3-4,8-9,12,15H,2,5-7,10,17H2,1H3. The predicted octanol–water partition coefficient (Wildman–Crippen LogP) is 2.92. The molecule has 2 aromatic rings. The Morgan fingerprint density at radius 3 is 2.71 bits per heavy atom. The Balaban J connectivity index is 1.60. The van der Waals surface area contributed by atoms with Crippen LogP contribution in [0.2, 0.25) is 0 Å². The predicted molar refractivity (Wildman–Crippen MR) is 79.7 cm³/mol. The number of hydrogen-bond acceptors (Lipinski definition) is 5. The van der Waals surface area contributed by atoms with Crippen molar-refractivity contribution in [2.24, 2.45) is 5.92 Å². The molecule has 5 nitrogen and oxygen atoms in total. The molecule has 1 atom stereocenters. The molecule has 0 bridgehead atoms. The molecule has 1 unspecified atom stereocenters. The summed E-state index contributed by atoms with van der Waals surface area (Å²) in [6.45, 7) is 2.67. The number of aryl methyl sites for hydroxylation is 2. The van der Waals surface area contributed by atoms with E-state index >= 15 is 0 Å². The minimum atomic E-state index is 0.00373. The van der Waals surface area contributed by atoms with E-state index in [4.69, 9.17) is 15.0 Å². The van der Waals surface area contributed by atoms with Crippen molar-refractivity contribution in [3.8, 4) is 0 Å². The summed E-state index contributed by atoms with van der Waals surface area (Å²) in [5.74, 6) is 1.94. The van der Waals surface area contributed by atoms with Crippen molar-refractivity contribution in [3.63, 3.8) is 0 Å². The minimum absolute atomic E-state index is 0.00373. The second kappa shape index (κ2) is 6.26. The van der Waals surface area contributed by atoms with Gasteiger partial charge in [-0.25, -0.2) is 0 Å². The van der Waals surface area contributed by atoms with Crippen molar-refractivity contribution in [1.82, 2.24) is 10.1 Å². The maximum Gasteiger partial charge on any atom is 0.227 e. The van der Waals surface area contributed by atoms with Crippen LogP contribution in [0.5, 0.6) is 0 Å². The van der Waals surface area contributed by atoms with Crippen LogP contribution >= 0.6 is 0 Å². The number of hydrogen-bond donors (Lipinski definition) is 1. The number of nitrogens with zero attached hydrogens (tertiary/aromatic N) is 2. The summed E-state index contributed by atoms with van der Waals surface area (Å²) in [5, 5.41) is 4.09. The summed E-state index contributed by atoms with van der Waals surface area (Å²) >= 11 is 0. The topological polar surface area (TPSA) is 74.2 Å². The number of benzene rings is 1. The molecule has 0 saturated heterocycles. The lowest BCUT2D eigenvalue weighted by atomic mass is 10.1. The van der Waals surface area contributed by atoms with E-state index in [1.54, 1.807) is 0 Å². The second-order valence-electron chi connectivity index (χ2n) is 5.50. The Bertz CT molecular complexity index is 575. The molecule has 0 aliphatic heterocycles. The molecule has 0 amide bonds. The Morgan fingerprint density at radius 2 is 2.05 bits per heavy atom. The van der Waals surface area contributed by atoms with E-state index in [-0.39, 0.29) is 6.10 Å². The first kappa shape index (κ1) is 14.1. The Morgan fingerprint density at radius 1 is 1.29 bits per heavy atom. The zero-order valence-electron chi connectivity index (χ0n) is 12.3. The van der Waals surface area contributed by atoms with E-state index in [0.29, 0.717) is 24.2 Å². The molecule has 2 N–H and O–H groups in total. The van der Waals surface area contributed by atoms with Crippen molar-refractivity contribution >= 4 is 5.69 Å². The number of nitrogens with two attached hydrogens (primary N) is 1. The van der Waals surface area contributed by atoms with Crippen LogP contribution in [0.4, 0.5) is 5.69 Å². The molecule has 0 spiro atoms. The largest absolute Gasteiger partial charge is 0.399 e. The van der Waals surface area contributed by atoms with E-state index in [1.165, 1.54) is 18.4 Å². The molecular weight excluding hydrogens is 266 g/mol. The lowest BCUT2D eigenvalue weighted by molar-refractivity contribution is 0.0384. The molecule has 0 radical (unpaired) electrons. The van der Waals surface area contributed by atoms with Gasteiger partial charge in [0.15, 0.2) is 0 Å². The van der Waals surface area contributed by atoms with Crippen LogP contribution in [-0.4, -0.2) is 16.7 Å². The first-order valence-electron chi connectivity index (χ1n) is 7.54. The molecule has 21 heavy (non-hydrogen) atoms. The van der Waals surface area contributed by atoms with Gasteiger partial charge in [0.05, 0.1) is 0 Å².